The zero-order chi connectivity index (χ0) is 17.1. The molecule has 0 spiro atoms. The average Bonchev–Trinajstić information content (AvgIpc) is 2.58. The van der Waals surface area contributed by atoms with Crippen molar-refractivity contribution in [2.24, 2.45) is 5.10 Å². The second kappa shape index (κ2) is 7.55. The second-order valence-electron chi connectivity index (χ2n) is 4.92. The smallest absolute Gasteiger partial charge is 0.284 e. The molecule has 0 bridgehead atoms. The Morgan fingerprint density at radius 1 is 1.29 bits per heavy atom. The maximum absolute atomic E-state index is 12.1. The number of nitrogens with zero attached hydrogens (tertiary/aromatic N) is 1. The first-order valence-corrected chi connectivity index (χ1v) is 9.10. The predicted octanol–water partition coefficient (Wildman–Crippen LogP) is 2.89. The number of hydrogen-bond donors (Lipinski definition) is 2. The number of nitrogens with one attached hydrogen (secondary N) is 1. The van der Waals surface area contributed by atoms with Gasteiger partial charge in [0.05, 0.1) is 9.78 Å². The Kier molecular flexibility index (Phi) is 5.43. The van der Waals surface area contributed by atoms with Crippen LogP contribution in [0.5, 0.6) is 17.2 Å². The summed E-state index contributed by atoms with van der Waals surface area (Å²) in [6.45, 7) is 0.116. The van der Waals surface area contributed by atoms with Crippen molar-refractivity contribution in [2.75, 3.05) is 6.61 Å². The number of rotatable bonds is 3. The molecule has 0 radical (unpaired) electrons. The van der Waals surface area contributed by atoms with E-state index in [0.29, 0.717) is 20.6 Å². The number of phenolic OH excluding ortho intramolecular Hbond substituents is 1. The Labute approximate surface area is 165 Å². The molecule has 1 amide bonds. The number of para-hydroxylation sites is 2. The van der Waals surface area contributed by atoms with Gasteiger partial charge in [-0.2, -0.15) is 5.10 Å². The highest BCUT2D eigenvalue weighted by atomic mass is 127. The number of hydrogen-bond acceptors (Lipinski definition) is 5. The van der Waals surface area contributed by atoms with Crippen molar-refractivity contribution in [3.63, 3.8) is 0 Å². The molecule has 1 heterocycles. The van der Waals surface area contributed by atoms with E-state index in [1.807, 2.05) is 40.8 Å². The highest BCUT2D eigenvalue weighted by Crippen LogP contribution is 2.30. The van der Waals surface area contributed by atoms with Gasteiger partial charge in [-0.05, 0) is 69.4 Å². The van der Waals surface area contributed by atoms with Crippen LogP contribution in [0.3, 0.4) is 0 Å². The maximum atomic E-state index is 12.1. The fourth-order valence-electron chi connectivity index (χ4n) is 2.07. The molecule has 2 aromatic carbocycles. The highest BCUT2D eigenvalue weighted by Gasteiger charge is 2.27. The van der Waals surface area contributed by atoms with Gasteiger partial charge in [0.15, 0.2) is 11.5 Å². The number of aromatic hydroxyl groups is 1. The van der Waals surface area contributed by atoms with Crippen LogP contribution in [-0.4, -0.2) is 29.9 Å². The number of carbonyl (C=O) groups excluding carboxylic acids is 1. The lowest BCUT2D eigenvalue weighted by atomic mass is 10.2. The van der Waals surface area contributed by atoms with Crippen LogP contribution in [0, 0.1) is 7.14 Å². The van der Waals surface area contributed by atoms with E-state index in [-0.39, 0.29) is 12.4 Å². The normalized spacial score (nSPS) is 16.2. The quantitative estimate of drug-likeness (QED) is 0.350. The lowest BCUT2D eigenvalue weighted by Gasteiger charge is -2.24. The largest absolute Gasteiger partial charge is 0.506 e. The fraction of sp³-hybridized carbons (Fsp3) is 0.125. The van der Waals surface area contributed by atoms with E-state index in [4.69, 9.17) is 9.47 Å². The van der Waals surface area contributed by atoms with Crippen molar-refractivity contribution in [3.8, 4) is 17.2 Å². The fourth-order valence-corrected chi connectivity index (χ4v) is 3.96. The maximum Gasteiger partial charge on any atom is 0.284 e. The molecule has 24 heavy (non-hydrogen) atoms. The summed E-state index contributed by atoms with van der Waals surface area (Å²) in [5.41, 5.74) is 2.93. The molecule has 0 aliphatic carbocycles. The van der Waals surface area contributed by atoms with Gasteiger partial charge < -0.3 is 14.6 Å². The van der Waals surface area contributed by atoms with E-state index in [1.165, 1.54) is 6.21 Å². The van der Waals surface area contributed by atoms with Crippen molar-refractivity contribution in [1.82, 2.24) is 5.43 Å². The lowest BCUT2D eigenvalue weighted by molar-refractivity contribution is -0.130. The molecule has 0 unspecified atom stereocenters. The van der Waals surface area contributed by atoms with Gasteiger partial charge in [0.25, 0.3) is 5.91 Å². The van der Waals surface area contributed by atoms with Crippen molar-refractivity contribution >= 4 is 57.3 Å². The topological polar surface area (TPSA) is 80.2 Å². The number of carbonyl (C=O) groups is 1. The van der Waals surface area contributed by atoms with E-state index >= 15 is 0 Å². The van der Waals surface area contributed by atoms with E-state index < -0.39 is 12.0 Å². The number of amides is 1. The lowest BCUT2D eigenvalue weighted by Crippen LogP contribution is -2.42. The van der Waals surface area contributed by atoms with Gasteiger partial charge in [-0.15, -0.1) is 0 Å². The van der Waals surface area contributed by atoms with E-state index in [0.717, 1.165) is 3.57 Å². The highest BCUT2D eigenvalue weighted by molar-refractivity contribution is 14.1. The molecule has 2 N–H and O–H groups in total. The molecule has 6 nitrogen and oxygen atoms in total. The number of phenols is 1. The van der Waals surface area contributed by atoms with Crippen molar-refractivity contribution in [1.29, 1.82) is 0 Å². The summed E-state index contributed by atoms with van der Waals surface area (Å²) in [7, 11) is 0. The molecule has 2 aromatic rings. The number of fused-ring (bicyclic) bond motifs is 1. The summed E-state index contributed by atoms with van der Waals surface area (Å²) in [4.78, 5) is 12.1. The van der Waals surface area contributed by atoms with Gasteiger partial charge in [-0.25, -0.2) is 5.43 Å². The summed E-state index contributed by atoms with van der Waals surface area (Å²) in [6, 6.07) is 10.8. The van der Waals surface area contributed by atoms with Crippen molar-refractivity contribution in [2.45, 2.75) is 6.10 Å². The number of ether oxygens (including phenoxy) is 2. The molecule has 0 saturated carbocycles. The molecule has 1 aliphatic rings. The molecule has 3 rings (SSSR count). The molecule has 0 saturated heterocycles. The predicted molar refractivity (Wildman–Crippen MR) is 106 cm³/mol. The zero-order valence-electron chi connectivity index (χ0n) is 12.2. The van der Waals surface area contributed by atoms with Crippen LogP contribution >= 0.6 is 45.2 Å². The SMILES string of the molecule is O=C(N/N=C\c1cc(I)cc(I)c1O)[C@@H]1COc2ccccc2O1. The summed E-state index contributed by atoms with van der Waals surface area (Å²) >= 11 is 4.18. The third-order valence-electron chi connectivity index (χ3n) is 3.24. The molecule has 1 aliphatic heterocycles. The summed E-state index contributed by atoms with van der Waals surface area (Å²) in [5.74, 6) is 0.849. The summed E-state index contributed by atoms with van der Waals surface area (Å²) < 4.78 is 12.8. The Morgan fingerprint density at radius 2 is 2.04 bits per heavy atom. The molecule has 0 fully saturated rings. The van der Waals surface area contributed by atoms with Crippen LogP contribution < -0.4 is 14.9 Å². The average molecular weight is 550 g/mol. The van der Waals surface area contributed by atoms with Crippen LogP contribution in [0.15, 0.2) is 41.5 Å². The Hall–Kier alpha value is -1.56. The van der Waals surface area contributed by atoms with Gasteiger partial charge >= 0.3 is 0 Å². The van der Waals surface area contributed by atoms with E-state index in [2.05, 4.69) is 33.1 Å². The third kappa shape index (κ3) is 3.91. The van der Waals surface area contributed by atoms with Gasteiger partial charge in [-0.1, -0.05) is 12.1 Å². The van der Waals surface area contributed by atoms with E-state index in [1.54, 1.807) is 18.2 Å². The van der Waals surface area contributed by atoms with Gasteiger partial charge in [0.1, 0.15) is 12.4 Å². The first kappa shape index (κ1) is 17.3. The minimum Gasteiger partial charge on any atom is -0.506 e. The van der Waals surface area contributed by atoms with Crippen LogP contribution in [0.1, 0.15) is 5.56 Å². The molecular weight excluding hydrogens is 538 g/mol. The first-order chi connectivity index (χ1) is 11.5. The van der Waals surface area contributed by atoms with Crippen molar-refractivity contribution in [3.05, 3.63) is 49.1 Å². The Bertz CT molecular complexity index is 811. The monoisotopic (exact) mass is 550 g/mol. The van der Waals surface area contributed by atoms with Gasteiger partial charge in [0.2, 0.25) is 6.10 Å². The zero-order valence-corrected chi connectivity index (χ0v) is 16.5. The minimum absolute atomic E-state index is 0.116. The number of hydrazone groups is 1. The van der Waals surface area contributed by atoms with Crippen LogP contribution in [0.4, 0.5) is 0 Å². The molecule has 1 atom stereocenters. The summed E-state index contributed by atoms with van der Waals surface area (Å²) in [6.07, 6.45) is 0.622. The van der Waals surface area contributed by atoms with Gasteiger partial charge in [-0.3, -0.25) is 4.79 Å². The van der Waals surface area contributed by atoms with E-state index in [9.17, 15) is 9.90 Å². The molecular formula is C16H12I2N2O4. The first-order valence-electron chi connectivity index (χ1n) is 6.94. The number of benzene rings is 2. The standard InChI is InChI=1S/C16H12I2N2O4/c17-10-5-9(15(21)11(18)6-10)7-19-20-16(22)14-8-23-12-3-1-2-4-13(12)24-14/h1-7,14,21H,8H2,(H,20,22)/b19-7-/t14-/m0/s1. The van der Waals surface area contributed by atoms with Gasteiger partial charge in [0, 0.05) is 9.13 Å². The van der Waals surface area contributed by atoms with Crippen LogP contribution in [0.25, 0.3) is 0 Å². The second-order valence-corrected chi connectivity index (χ2v) is 7.33. The molecule has 124 valence electrons. The van der Waals surface area contributed by atoms with Crippen LogP contribution in [-0.2, 0) is 4.79 Å². The molecule has 0 aromatic heterocycles. The number of halogens is 2. The minimum atomic E-state index is -0.776. The van der Waals surface area contributed by atoms with Crippen molar-refractivity contribution < 1.29 is 19.4 Å². The molecule has 8 heteroatoms. The Morgan fingerprint density at radius 3 is 2.83 bits per heavy atom. The third-order valence-corrected chi connectivity index (χ3v) is 4.68. The Balaban J connectivity index is 1.64. The summed E-state index contributed by atoms with van der Waals surface area (Å²) in [5, 5.41) is 13.9. The van der Waals surface area contributed by atoms with Crippen LogP contribution in [0.2, 0.25) is 0 Å².